The summed E-state index contributed by atoms with van der Waals surface area (Å²) in [5.41, 5.74) is -0.531. The second-order valence-corrected chi connectivity index (χ2v) is 4.90. The quantitative estimate of drug-likeness (QED) is 0.838. The second kappa shape index (κ2) is 5.71. The molecule has 0 aliphatic rings. The van der Waals surface area contributed by atoms with Gasteiger partial charge in [-0.2, -0.15) is 0 Å². The third-order valence-corrected chi connectivity index (χ3v) is 2.06. The summed E-state index contributed by atoms with van der Waals surface area (Å²) >= 11 is 0. The summed E-state index contributed by atoms with van der Waals surface area (Å²) in [4.78, 5) is 22.7. The Morgan fingerprint density at radius 2 is 2.00 bits per heavy atom. The Morgan fingerprint density at radius 1 is 1.33 bits per heavy atom. The van der Waals surface area contributed by atoms with Gasteiger partial charge in [0.2, 0.25) is 0 Å². The number of hydrogen-bond donors (Lipinski definition) is 1. The fourth-order valence-electron chi connectivity index (χ4n) is 1.27. The van der Waals surface area contributed by atoms with E-state index in [1.54, 1.807) is 39.8 Å². The van der Waals surface area contributed by atoms with Crippen LogP contribution < -0.4 is 5.32 Å². The van der Waals surface area contributed by atoms with Crippen LogP contribution >= 0.6 is 0 Å². The number of Topliss-reactive ketones (excluding diaryl/α,β-unsaturated/α-hetero) is 1. The molecule has 0 fully saturated rings. The lowest BCUT2D eigenvalue weighted by Crippen LogP contribution is -2.32. The van der Waals surface area contributed by atoms with E-state index >= 15 is 0 Å². The van der Waals surface area contributed by atoms with E-state index in [2.05, 4.69) is 5.32 Å². The van der Waals surface area contributed by atoms with E-state index in [1.807, 2.05) is 0 Å². The largest absolute Gasteiger partial charge is 0.456 e. The normalized spacial score (nSPS) is 11.1. The number of amides is 1. The van der Waals surface area contributed by atoms with Crippen molar-refractivity contribution in [3.63, 3.8) is 0 Å². The summed E-state index contributed by atoms with van der Waals surface area (Å²) < 4.78 is 10.4. The van der Waals surface area contributed by atoms with Gasteiger partial charge in [0.1, 0.15) is 11.4 Å². The smallest absolute Gasteiger partial charge is 0.408 e. The molecule has 1 aromatic heterocycles. The Morgan fingerprint density at radius 3 is 2.56 bits per heavy atom. The van der Waals surface area contributed by atoms with Gasteiger partial charge in [0.25, 0.3) is 0 Å². The molecule has 0 saturated heterocycles. The minimum atomic E-state index is -0.531. The maximum absolute atomic E-state index is 11.4. The first-order valence-electron chi connectivity index (χ1n) is 5.90. The van der Waals surface area contributed by atoms with Crippen LogP contribution in [0.1, 0.15) is 50.4 Å². The molecule has 0 saturated carbocycles. The summed E-state index contributed by atoms with van der Waals surface area (Å²) in [6.45, 7) is 7.34. The number of alkyl carbamates (subject to hydrolysis) is 1. The van der Waals surface area contributed by atoms with Crippen LogP contribution in [0.4, 0.5) is 4.79 Å². The molecule has 0 aliphatic carbocycles. The van der Waals surface area contributed by atoms with E-state index in [0.717, 1.165) is 0 Å². The van der Waals surface area contributed by atoms with Crippen LogP contribution in [-0.2, 0) is 11.3 Å². The molecule has 18 heavy (non-hydrogen) atoms. The van der Waals surface area contributed by atoms with Crippen molar-refractivity contribution in [1.29, 1.82) is 0 Å². The minimum absolute atomic E-state index is 0.0569. The lowest BCUT2D eigenvalue weighted by molar-refractivity contribution is 0.0520. The van der Waals surface area contributed by atoms with Crippen LogP contribution in [0.5, 0.6) is 0 Å². The fraction of sp³-hybridized carbons (Fsp3) is 0.538. The van der Waals surface area contributed by atoms with Crippen LogP contribution in [0, 0.1) is 0 Å². The SMILES string of the molecule is CCC(=O)c1ccc(CNC(=O)OC(C)(C)C)o1. The number of rotatable bonds is 4. The van der Waals surface area contributed by atoms with Crippen LogP contribution in [0.15, 0.2) is 16.5 Å². The highest BCUT2D eigenvalue weighted by atomic mass is 16.6. The molecule has 0 atom stereocenters. The average molecular weight is 253 g/mol. The molecule has 0 aromatic carbocycles. The second-order valence-electron chi connectivity index (χ2n) is 4.90. The van der Waals surface area contributed by atoms with Crippen LogP contribution in [0.2, 0.25) is 0 Å². The summed E-state index contributed by atoms with van der Waals surface area (Å²) in [6.07, 6.45) is -0.117. The zero-order valence-corrected chi connectivity index (χ0v) is 11.2. The topological polar surface area (TPSA) is 68.5 Å². The summed E-state index contributed by atoms with van der Waals surface area (Å²) in [7, 11) is 0. The molecule has 0 spiro atoms. The van der Waals surface area contributed by atoms with Crippen molar-refractivity contribution in [1.82, 2.24) is 5.32 Å². The monoisotopic (exact) mass is 253 g/mol. The lowest BCUT2D eigenvalue weighted by Gasteiger charge is -2.19. The highest BCUT2D eigenvalue weighted by Gasteiger charge is 2.16. The number of ether oxygens (including phenoxy) is 1. The predicted molar refractivity (Wildman–Crippen MR) is 66.4 cm³/mol. The molecule has 0 unspecified atom stereocenters. The number of furan rings is 1. The van der Waals surface area contributed by atoms with E-state index < -0.39 is 11.7 Å². The standard InChI is InChI=1S/C13H19NO4/c1-5-10(15)11-7-6-9(17-11)8-14-12(16)18-13(2,3)4/h6-7H,5,8H2,1-4H3,(H,14,16). The van der Waals surface area contributed by atoms with Crippen LogP contribution in [-0.4, -0.2) is 17.5 Å². The Balaban J connectivity index is 2.47. The zero-order valence-electron chi connectivity index (χ0n) is 11.2. The number of hydrogen-bond acceptors (Lipinski definition) is 4. The third-order valence-electron chi connectivity index (χ3n) is 2.06. The molecule has 1 aromatic rings. The van der Waals surface area contributed by atoms with Gasteiger partial charge < -0.3 is 14.5 Å². The van der Waals surface area contributed by atoms with Crippen molar-refractivity contribution in [3.8, 4) is 0 Å². The molecule has 1 amide bonds. The number of carbonyl (C=O) groups excluding carboxylic acids is 2. The van der Waals surface area contributed by atoms with Gasteiger partial charge in [-0.15, -0.1) is 0 Å². The Bertz CT molecular complexity index is 428. The average Bonchev–Trinajstić information content (AvgIpc) is 2.71. The predicted octanol–water partition coefficient (Wildman–Crippen LogP) is 2.90. The Kier molecular flexibility index (Phi) is 4.53. The highest BCUT2D eigenvalue weighted by Crippen LogP contribution is 2.11. The molecule has 1 heterocycles. The molecular weight excluding hydrogens is 234 g/mol. The van der Waals surface area contributed by atoms with Crippen molar-refractivity contribution < 1.29 is 18.7 Å². The molecule has 100 valence electrons. The van der Waals surface area contributed by atoms with E-state index in [1.165, 1.54) is 0 Å². The van der Waals surface area contributed by atoms with Crippen LogP contribution in [0.25, 0.3) is 0 Å². The number of nitrogens with one attached hydrogen (secondary N) is 1. The molecule has 1 rings (SSSR count). The van der Waals surface area contributed by atoms with E-state index in [4.69, 9.17) is 9.15 Å². The molecule has 0 bridgehead atoms. The van der Waals surface area contributed by atoms with Gasteiger partial charge in [0.15, 0.2) is 11.5 Å². The molecular formula is C13H19NO4. The molecule has 1 N–H and O–H groups in total. The number of carbonyl (C=O) groups is 2. The van der Waals surface area contributed by atoms with Crippen LogP contribution in [0.3, 0.4) is 0 Å². The summed E-state index contributed by atoms with van der Waals surface area (Å²) in [6, 6.07) is 3.28. The van der Waals surface area contributed by atoms with Crippen molar-refractivity contribution in [2.75, 3.05) is 0 Å². The van der Waals surface area contributed by atoms with Gasteiger partial charge in [0.05, 0.1) is 6.54 Å². The maximum Gasteiger partial charge on any atom is 0.408 e. The highest BCUT2D eigenvalue weighted by molar-refractivity contribution is 5.93. The fourth-order valence-corrected chi connectivity index (χ4v) is 1.27. The number of ketones is 1. The molecule has 5 nitrogen and oxygen atoms in total. The first kappa shape index (κ1) is 14.3. The Labute approximate surface area is 106 Å². The zero-order chi connectivity index (χ0) is 13.8. The first-order chi connectivity index (χ1) is 8.31. The van der Waals surface area contributed by atoms with E-state index in [-0.39, 0.29) is 12.3 Å². The summed E-state index contributed by atoms with van der Waals surface area (Å²) in [5, 5.41) is 2.56. The third kappa shape index (κ3) is 4.61. The van der Waals surface area contributed by atoms with Gasteiger partial charge in [0, 0.05) is 6.42 Å². The van der Waals surface area contributed by atoms with E-state index in [0.29, 0.717) is 17.9 Å². The van der Waals surface area contributed by atoms with Crippen molar-refractivity contribution in [2.24, 2.45) is 0 Å². The van der Waals surface area contributed by atoms with Crippen molar-refractivity contribution in [3.05, 3.63) is 23.7 Å². The maximum atomic E-state index is 11.4. The first-order valence-corrected chi connectivity index (χ1v) is 5.90. The minimum Gasteiger partial charge on any atom is -0.456 e. The molecule has 0 aliphatic heterocycles. The van der Waals surface area contributed by atoms with Gasteiger partial charge in [-0.1, -0.05) is 6.92 Å². The molecule has 0 radical (unpaired) electrons. The summed E-state index contributed by atoms with van der Waals surface area (Å²) in [5.74, 6) is 0.787. The van der Waals surface area contributed by atoms with Gasteiger partial charge in [-0.3, -0.25) is 4.79 Å². The van der Waals surface area contributed by atoms with E-state index in [9.17, 15) is 9.59 Å². The van der Waals surface area contributed by atoms with Gasteiger partial charge >= 0.3 is 6.09 Å². The Hall–Kier alpha value is -1.78. The van der Waals surface area contributed by atoms with Crippen molar-refractivity contribution in [2.45, 2.75) is 46.3 Å². The molecule has 5 heteroatoms. The van der Waals surface area contributed by atoms with Crippen molar-refractivity contribution >= 4 is 11.9 Å². The lowest BCUT2D eigenvalue weighted by atomic mass is 10.2. The van der Waals surface area contributed by atoms with Gasteiger partial charge in [-0.25, -0.2) is 4.79 Å². The van der Waals surface area contributed by atoms with Gasteiger partial charge in [-0.05, 0) is 32.9 Å².